The van der Waals surface area contributed by atoms with Crippen molar-refractivity contribution in [3.63, 3.8) is 0 Å². The average Bonchev–Trinajstić information content (AvgIpc) is 2.83. The van der Waals surface area contributed by atoms with Gasteiger partial charge in [-0.25, -0.2) is 0 Å². The topological polar surface area (TPSA) is 89.1 Å². The highest BCUT2D eigenvalue weighted by molar-refractivity contribution is 5.85. The summed E-state index contributed by atoms with van der Waals surface area (Å²) in [5.41, 5.74) is 4.57. The summed E-state index contributed by atoms with van der Waals surface area (Å²) in [5, 5.41) is 19.5. The molecular weight excluding hydrogens is 432 g/mol. The zero-order valence-electron chi connectivity index (χ0n) is 20.2. The standard InChI is InChI=1S/C28H32O6/c1-18(2)6-5-7-19(3)10-11-33-24-9-8-21(14-25(24)32-4)23-17-34-26-13-20(15-29)12-22(16-30)27(26)28(23)31/h6,8-10,12-14,17,29-30H,5,7,11,15-16H2,1-4H3/b19-10+. The number of hydrogen-bond acceptors (Lipinski definition) is 6. The number of aliphatic hydroxyl groups excluding tert-OH is 2. The summed E-state index contributed by atoms with van der Waals surface area (Å²) < 4.78 is 17.1. The lowest BCUT2D eigenvalue weighted by Crippen LogP contribution is -2.08. The highest BCUT2D eigenvalue weighted by Gasteiger charge is 2.15. The average molecular weight is 465 g/mol. The van der Waals surface area contributed by atoms with Crippen LogP contribution in [-0.2, 0) is 13.2 Å². The quantitative estimate of drug-likeness (QED) is 0.384. The maximum atomic E-state index is 13.3. The molecule has 0 atom stereocenters. The summed E-state index contributed by atoms with van der Waals surface area (Å²) in [6.07, 6.45) is 7.66. The van der Waals surface area contributed by atoms with Crippen molar-refractivity contribution in [1.82, 2.24) is 0 Å². The molecule has 2 aromatic carbocycles. The number of rotatable bonds is 10. The van der Waals surface area contributed by atoms with Gasteiger partial charge in [-0.1, -0.05) is 29.4 Å². The zero-order valence-corrected chi connectivity index (χ0v) is 20.2. The number of fused-ring (bicyclic) bond motifs is 1. The molecule has 1 aromatic heterocycles. The second-order valence-corrected chi connectivity index (χ2v) is 8.47. The molecule has 0 spiro atoms. The highest BCUT2D eigenvalue weighted by atomic mass is 16.5. The van der Waals surface area contributed by atoms with Crippen LogP contribution in [0.3, 0.4) is 0 Å². The molecule has 34 heavy (non-hydrogen) atoms. The lowest BCUT2D eigenvalue weighted by atomic mass is 10.0. The second-order valence-electron chi connectivity index (χ2n) is 8.47. The van der Waals surface area contributed by atoms with E-state index in [1.807, 2.05) is 0 Å². The third kappa shape index (κ3) is 5.95. The van der Waals surface area contributed by atoms with Crippen molar-refractivity contribution in [3.8, 4) is 22.6 Å². The first-order valence-electron chi connectivity index (χ1n) is 11.3. The summed E-state index contributed by atoms with van der Waals surface area (Å²) in [6.45, 7) is 6.15. The van der Waals surface area contributed by atoms with Crippen LogP contribution < -0.4 is 14.9 Å². The molecule has 180 valence electrons. The zero-order chi connectivity index (χ0) is 24.7. The van der Waals surface area contributed by atoms with Crippen LogP contribution in [0.1, 0.15) is 44.7 Å². The Labute approximate surface area is 199 Å². The van der Waals surface area contributed by atoms with E-state index in [-0.39, 0.29) is 18.6 Å². The fourth-order valence-corrected chi connectivity index (χ4v) is 3.73. The van der Waals surface area contributed by atoms with Gasteiger partial charge in [0.2, 0.25) is 5.43 Å². The van der Waals surface area contributed by atoms with E-state index in [9.17, 15) is 15.0 Å². The van der Waals surface area contributed by atoms with Crippen LogP contribution in [0.4, 0.5) is 0 Å². The Hall–Kier alpha value is -3.35. The van der Waals surface area contributed by atoms with Gasteiger partial charge in [0.25, 0.3) is 0 Å². The van der Waals surface area contributed by atoms with Gasteiger partial charge < -0.3 is 24.1 Å². The lowest BCUT2D eigenvalue weighted by molar-refractivity contribution is 0.276. The van der Waals surface area contributed by atoms with E-state index in [0.717, 1.165) is 12.8 Å². The fourth-order valence-electron chi connectivity index (χ4n) is 3.73. The van der Waals surface area contributed by atoms with Gasteiger partial charge in [-0.05, 0) is 74.6 Å². The monoisotopic (exact) mass is 464 g/mol. The maximum Gasteiger partial charge on any atom is 0.200 e. The third-order valence-corrected chi connectivity index (χ3v) is 5.61. The van der Waals surface area contributed by atoms with Crippen LogP contribution in [0.15, 0.2) is 69.1 Å². The maximum absolute atomic E-state index is 13.3. The number of allylic oxidation sites excluding steroid dienone is 3. The molecule has 0 amide bonds. The second kappa shape index (κ2) is 11.7. The van der Waals surface area contributed by atoms with E-state index in [1.165, 1.54) is 17.4 Å². The van der Waals surface area contributed by atoms with Gasteiger partial charge in [-0.2, -0.15) is 0 Å². The Morgan fingerprint density at radius 2 is 1.82 bits per heavy atom. The predicted molar refractivity (Wildman–Crippen MR) is 134 cm³/mol. The Balaban J connectivity index is 1.86. The van der Waals surface area contributed by atoms with E-state index in [4.69, 9.17) is 13.9 Å². The molecule has 0 fully saturated rings. The van der Waals surface area contributed by atoms with E-state index < -0.39 is 0 Å². The van der Waals surface area contributed by atoms with Crippen LogP contribution in [0.5, 0.6) is 11.5 Å². The van der Waals surface area contributed by atoms with Crippen LogP contribution in [0, 0.1) is 0 Å². The van der Waals surface area contributed by atoms with Crippen molar-refractivity contribution in [3.05, 3.63) is 81.2 Å². The van der Waals surface area contributed by atoms with Crippen LogP contribution >= 0.6 is 0 Å². The summed E-state index contributed by atoms with van der Waals surface area (Å²) >= 11 is 0. The highest BCUT2D eigenvalue weighted by Crippen LogP contribution is 2.32. The molecule has 6 heteroatoms. The molecule has 0 aliphatic heterocycles. The Morgan fingerprint density at radius 3 is 2.50 bits per heavy atom. The van der Waals surface area contributed by atoms with Gasteiger partial charge in [0.15, 0.2) is 11.5 Å². The minimum atomic E-state index is -0.337. The number of benzene rings is 2. The molecule has 6 nitrogen and oxygen atoms in total. The SMILES string of the molecule is COc1cc(-c2coc3cc(CO)cc(CO)c3c2=O)ccc1OC/C=C(\C)CCC=C(C)C. The van der Waals surface area contributed by atoms with E-state index in [2.05, 4.69) is 32.9 Å². The molecule has 3 rings (SSSR count). The third-order valence-electron chi connectivity index (χ3n) is 5.61. The molecular formula is C28H32O6. The summed E-state index contributed by atoms with van der Waals surface area (Å²) in [7, 11) is 1.55. The van der Waals surface area contributed by atoms with Gasteiger partial charge in [0, 0.05) is 0 Å². The molecule has 2 N–H and O–H groups in total. The number of aliphatic hydroxyl groups is 2. The van der Waals surface area contributed by atoms with E-state index >= 15 is 0 Å². The van der Waals surface area contributed by atoms with Crippen molar-refractivity contribution in [2.75, 3.05) is 13.7 Å². The van der Waals surface area contributed by atoms with Crippen molar-refractivity contribution >= 4 is 11.0 Å². The molecule has 0 saturated heterocycles. The largest absolute Gasteiger partial charge is 0.493 e. The van der Waals surface area contributed by atoms with Crippen molar-refractivity contribution in [2.45, 2.75) is 46.8 Å². The molecule has 0 bridgehead atoms. The first-order valence-corrected chi connectivity index (χ1v) is 11.3. The van der Waals surface area contributed by atoms with E-state index in [1.54, 1.807) is 37.4 Å². The van der Waals surface area contributed by atoms with Gasteiger partial charge in [-0.15, -0.1) is 0 Å². The van der Waals surface area contributed by atoms with Crippen LogP contribution in [0.2, 0.25) is 0 Å². The lowest BCUT2D eigenvalue weighted by Gasteiger charge is -2.12. The Bertz CT molecular complexity index is 1260. The minimum absolute atomic E-state index is 0.211. The van der Waals surface area contributed by atoms with Gasteiger partial charge in [0.1, 0.15) is 18.5 Å². The van der Waals surface area contributed by atoms with Crippen LogP contribution in [-0.4, -0.2) is 23.9 Å². The first-order chi connectivity index (χ1) is 16.4. The Morgan fingerprint density at radius 1 is 1.03 bits per heavy atom. The Kier molecular flexibility index (Phi) is 8.68. The number of hydrogen-bond donors (Lipinski definition) is 2. The van der Waals surface area contributed by atoms with Gasteiger partial charge >= 0.3 is 0 Å². The predicted octanol–water partition coefficient (Wildman–Crippen LogP) is 5.52. The minimum Gasteiger partial charge on any atom is -0.493 e. The summed E-state index contributed by atoms with van der Waals surface area (Å²) in [5.74, 6) is 1.08. The molecule has 0 saturated carbocycles. The molecule has 0 unspecified atom stereocenters. The smallest absolute Gasteiger partial charge is 0.200 e. The van der Waals surface area contributed by atoms with Gasteiger partial charge in [-0.3, -0.25) is 4.79 Å². The van der Waals surface area contributed by atoms with E-state index in [0.29, 0.717) is 51.3 Å². The van der Waals surface area contributed by atoms with Crippen LogP contribution in [0.25, 0.3) is 22.1 Å². The van der Waals surface area contributed by atoms with Crippen molar-refractivity contribution in [2.24, 2.45) is 0 Å². The molecule has 1 heterocycles. The van der Waals surface area contributed by atoms with Crippen molar-refractivity contribution in [1.29, 1.82) is 0 Å². The normalized spacial score (nSPS) is 11.5. The summed E-state index contributed by atoms with van der Waals surface area (Å²) in [4.78, 5) is 13.3. The fraction of sp³-hybridized carbons (Fsp3) is 0.321. The van der Waals surface area contributed by atoms with Crippen molar-refractivity contribution < 1.29 is 24.1 Å². The number of methoxy groups -OCH3 is 1. The number of ether oxygens (including phenoxy) is 2. The molecule has 0 radical (unpaired) electrons. The molecule has 0 aliphatic carbocycles. The summed E-state index contributed by atoms with van der Waals surface area (Å²) in [6, 6.07) is 8.50. The molecule has 3 aromatic rings. The molecule has 0 aliphatic rings. The van der Waals surface area contributed by atoms with Gasteiger partial charge in [0.05, 0.1) is 31.3 Å². The first kappa shape index (κ1) is 25.3.